The average Bonchev–Trinajstić information content (AvgIpc) is 2.19. The van der Waals surface area contributed by atoms with Crippen LogP contribution >= 0.6 is 0 Å². The molecule has 0 amide bonds. The molecule has 1 fully saturated rings. The van der Waals surface area contributed by atoms with Crippen molar-refractivity contribution in [3.05, 3.63) is 11.8 Å². The number of carboxylic acid groups (broad SMARTS) is 1. The largest absolute Gasteiger partial charge is 0.496 e. The van der Waals surface area contributed by atoms with Gasteiger partial charge < -0.3 is 9.84 Å². The molecule has 0 aromatic rings. The molecule has 0 radical (unpaired) electrons. The van der Waals surface area contributed by atoms with Crippen LogP contribution in [0.25, 0.3) is 0 Å². The summed E-state index contributed by atoms with van der Waals surface area (Å²) in [7, 11) is 0. The minimum atomic E-state index is -1.18. The maximum Gasteiger partial charge on any atom is 0.342 e. The van der Waals surface area contributed by atoms with E-state index in [1.807, 2.05) is 0 Å². The predicted molar refractivity (Wildman–Crippen MR) is 52.1 cm³/mol. The van der Waals surface area contributed by atoms with Crippen LogP contribution in [0.3, 0.4) is 0 Å². The standard InChI is InChI=1S/C11H14O4/c1-6-2-3-9-7(4-6)10(12)8(5-15-9)11(13)14/h5-7,9H,2-4H2,1H3,(H,13,14). The molecule has 1 N–H and O–H groups in total. The van der Waals surface area contributed by atoms with E-state index < -0.39 is 5.97 Å². The first-order chi connectivity index (χ1) is 7.09. The fourth-order valence-electron chi connectivity index (χ4n) is 2.36. The van der Waals surface area contributed by atoms with Gasteiger partial charge in [0, 0.05) is 0 Å². The minimum Gasteiger partial charge on any atom is -0.496 e. The number of aliphatic carboxylic acids is 1. The molecule has 1 saturated carbocycles. The van der Waals surface area contributed by atoms with Crippen LogP contribution in [0.4, 0.5) is 0 Å². The van der Waals surface area contributed by atoms with E-state index in [1.54, 1.807) is 0 Å². The first kappa shape index (κ1) is 10.2. The summed E-state index contributed by atoms with van der Waals surface area (Å²) in [6, 6.07) is 0. The lowest BCUT2D eigenvalue weighted by Gasteiger charge is -2.35. The van der Waals surface area contributed by atoms with E-state index in [0.717, 1.165) is 25.5 Å². The molecule has 82 valence electrons. The van der Waals surface area contributed by atoms with Gasteiger partial charge >= 0.3 is 5.97 Å². The van der Waals surface area contributed by atoms with Crippen LogP contribution in [0.5, 0.6) is 0 Å². The predicted octanol–water partition coefficient (Wildman–Crippen LogP) is 1.36. The second kappa shape index (κ2) is 3.68. The third-order valence-corrected chi connectivity index (χ3v) is 3.24. The summed E-state index contributed by atoms with van der Waals surface area (Å²) in [6.45, 7) is 2.09. The second-order valence-corrected chi connectivity index (χ2v) is 4.40. The Bertz CT molecular complexity index is 331. The molecule has 1 aliphatic carbocycles. The van der Waals surface area contributed by atoms with Crippen molar-refractivity contribution < 1.29 is 19.4 Å². The summed E-state index contributed by atoms with van der Waals surface area (Å²) in [4.78, 5) is 22.6. The number of hydrogen-bond acceptors (Lipinski definition) is 3. The molecule has 1 aliphatic heterocycles. The highest BCUT2D eigenvalue weighted by Gasteiger charge is 2.40. The molecule has 1 heterocycles. The fourth-order valence-corrected chi connectivity index (χ4v) is 2.36. The van der Waals surface area contributed by atoms with E-state index in [-0.39, 0.29) is 23.4 Å². The van der Waals surface area contributed by atoms with Crippen molar-refractivity contribution in [3.8, 4) is 0 Å². The van der Waals surface area contributed by atoms with Gasteiger partial charge in [-0.05, 0) is 25.2 Å². The number of rotatable bonds is 1. The van der Waals surface area contributed by atoms with Crippen LogP contribution in [0.1, 0.15) is 26.2 Å². The summed E-state index contributed by atoms with van der Waals surface area (Å²) >= 11 is 0. The lowest BCUT2D eigenvalue weighted by molar-refractivity contribution is -0.139. The molecular weight excluding hydrogens is 196 g/mol. The Morgan fingerprint density at radius 1 is 1.53 bits per heavy atom. The highest BCUT2D eigenvalue weighted by Crippen LogP contribution is 2.35. The Hall–Kier alpha value is -1.32. The summed E-state index contributed by atoms with van der Waals surface area (Å²) in [5.41, 5.74) is -0.203. The summed E-state index contributed by atoms with van der Waals surface area (Å²) in [6.07, 6.45) is 3.65. The Morgan fingerprint density at radius 2 is 2.27 bits per heavy atom. The summed E-state index contributed by atoms with van der Waals surface area (Å²) in [5, 5.41) is 8.80. The van der Waals surface area contributed by atoms with Crippen molar-refractivity contribution in [1.29, 1.82) is 0 Å². The zero-order valence-corrected chi connectivity index (χ0v) is 8.60. The second-order valence-electron chi connectivity index (χ2n) is 4.40. The van der Waals surface area contributed by atoms with Crippen LogP contribution < -0.4 is 0 Å². The Morgan fingerprint density at radius 3 is 2.93 bits per heavy atom. The SMILES string of the molecule is CC1CCC2OC=C(C(=O)O)C(=O)C2C1. The van der Waals surface area contributed by atoms with Crippen LogP contribution in [0, 0.1) is 11.8 Å². The molecule has 0 spiro atoms. The van der Waals surface area contributed by atoms with E-state index in [2.05, 4.69) is 6.92 Å². The van der Waals surface area contributed by atoms with Gasteiger partial charge in [0.05, 0.1) is 5.92 Å². The monoisotopic (exact) mass is 210 g/mol. The number of fused-ring (bicyclic) bond motifs is 1. The third-order valence-electron chi connectivity index (χ3n) is 3.24. The van der Waals surface area contributed by atoms with Crippen LogP contribution in [0.15, 0.2) is 11.8 Å². The number of carbonyl (C=O) groups is 2. The van der Waals surface area contributed by atoms with E-state index in [9.17, 15) is 9.59 Å². The molecule has 4 nitrogen and oxygen atoms in total. The Balaban J connectivity index is 2.21. The number of carbonyl (C=O) groups excluding carboxylic acids is 1. The average molecular weight is 210 g/mol. The molecular formula is C11H14O4. The van der Waals surface area contributed by atoms with Gasteiger partial charge in [-0.2, -0.15) is 0 Å². The number of hydrogen-bond donors (Lipinski definition) is 1. The Labute approximate surface area is 87.9 Å². The molecule has 0 aromatic carbocycles. The topological polar surface area (TPSA) is 63.6 Å². The van der Waals surface area contributed by atoms with Crippen molar-refractivity contribution in [1.82, 2.24) is 0 Å². The molecule has 2 rings (SSSR count). The van der Waals surface area contributed by atoms with Gasteiger partial charge in [-0.15, -0.1) is 0 Å². The van der Waals surface area contributed by atoms with Crippen LogP contribution in [-0.4, -0.2) is 23.0 Å². The third kappa shape index (κ3) is 1.76. The first-order valence-electron chi connectivity index (χ1n) is 5.22. The Kier molecular flexibility index (Phi) is 2.50. The van der Waals surface area contributed by atoms with Crippen molar-refractivity contribution in [3.63, 3.8) is 0 Å². The van der Waals surface area contributed by atoms with Gasteiger partial charge in [-0.1, -0.05) is 6.92 Å². The lowest BCUT2D eigenvalue weighted by Crippen LogP contribution is -2.40. The smallest absolute Gasteiger partial charge is 0.342 e. The van der Waals surface area contributed by atoms with Crippen molar-refractivity contribution in [2.45, 2.75) is 32.3 Å². The molecule has 0 saturated heterocycles. The van der Waals surface area contributed by atoms with E-state index in [0.29, 0.717) is 5.92 Å². The molecule has 3 unspecified atom stereocenters. The van der Waals surface area contributed by atoms with Gasteiger partial charge in [0.25, 0.3) is 0 Å². The van der Waals surface area contributed by atoms with Gasteiger partial charge in [-0.25, -0.2) is 4.79 Å². The minimum absolute atomic E-state index is 0.100. The maximum absolute atomic E-state index is 11.8. The van der Waals surface area contributed by atoms with E-state index in [1.165, 1.54) is 0 Å². The molecule has 0 bridgehead atoms. The highest BCUT2D eigenvalue weighted by molar-refractivity contribution is 6.17. The molecule has 4 heteroatoms. The van der Waals surface area contributed by atoms with Crippen molar-refractivity contribution in [2.24, 2.45) is 11.8 Å². The number of Topliss-reactive ketones (excluding diaryl/α,β-unsaturated/α-hetero) is 1. The number of ether oxygens (including phenoxy) is 1. The summed E-state index contributed by atoms with van der Waals surface area (Å²) < 4.78 is 5.31. The molecule has 0 aromatic heterocycles. The number of carboxylic acids is 1. The normalized spacial score (nSPS) is 35.1. The highest BCUT2D eigenvalue weighted by atomic mass is 16.5. The van der Waals surface area contributed by atoms with E-state index in [4.69, 9.17) is 9.84 Å². The zero-order valence-electron chi connectivity index (χ0n) is 8.60. The molecule has 2 aliphatic rings. The van der Waals surface area contributed by atoms with Gasteiger partial charge in [0.2, 0.25) is 0 Å². The zero-order chi connectivity index (χ0) is 11.0. The maximum atomic E-state index is 11.8. The first-order valence-corrected chi connectivity index (χ1v) is 5.22. The van der Waals surface area contributed by atoms with Crippen molar-refractivity contribution in [2.75, 3.05) is 0 Å². The number of ketones is 1. The van der Waals surface area contributed by atoms with Crippen molar-refractivity contribution >= 4 is 11.8 Å². The van der Waals surface area contributed by atoms with Gasteiger partial charge in [0.15, 0.2) is 5.78 Å². The lowest BCUT2D eigenvalue weighted by atomic mass is 9.76. The van der Waals surface area contributed by atoms with Crippen LogP contribution in [-0.2, 0) is 14.3 Å². The van der Waals surface area contributed by atoms with Crippen LogP contribution in [0.2, 0.25) is 0 Å². The summed E-state index contributed by atoms with van der Waals surface area (Å²) in [5.74, 6) is -1.21. The quantitative estimate of drug-likeness (QED) is 0.664. The fraction of sp³-hybridized carbons (Fsp3) is 0.636. The molecule has 15 heavy (non-hydrogen) atoms. The van der Waals surface area contributed by atoms with E-state index >= 15 is 0 Å². The van der Waals surface area contributed by atoms with Gasteiger partial charge in [-0.3, -0.25) is 4.79 Å². The van der Waals surface area contributed by atoms with Gasteiger partial charge in [0.1, 0.15) is 17.9 Å². The molecule has 3 atom stereocenters.